The van der Waals surface area contributed by atoms with Crippen LogP contribution in [0.4, 0.5) is 0 Å². The first-order valence-corrected chi connectivity index (χ1v) is 6.97. The first-order valence-electron chi connectivity index (χ1n) is 6.17. The molecule has 0 aliphatic carbocycles. The first-order chi connectivity index (χ1) is 7.69. The summed E-state index contributed by atoms with van der Waals surface area (Å²) in [5, 5.41) is 3.59. The summed E-state index contributed by atoms with van der Waals surface area (Å²) in [6.45, 7) is 7.77. The van der Waals surface area contributed by atoms with Gasteiger partial charge in [-0.2, -0.15) is 0 Å². The van der Waals surface area contributed by atoms with E-state index in [0.29, 0.717) is 12.0 Å². The molecule has 2 unspecified atom stereocenters. The van der Waals surface area contributed by atoms with Crippen LogP contribution in [0.3, 0.4) is 0 Å². The van der Waals surface area contributed by atoms with E-state index in [1.165, 1.54) is 18.4 Å². The maximum atomic E-state index is 3.59. The average molecular weight is 284 g/mol. The van der Waals surface area contributed by atoms with Gasteiger partial charge in [0.05, 0.1) is 0 Å². The van der Waals surface area contributed by atoms with Crippen molar-refractivity contribution in [1.29, 1.82) is 0 Å². The molecule has 1 aromatic carbocycles. The maximum Gasteiger partial charge on any atom is 0.0346 e. The molecule has 0 aliphatic rings. The Hall–Kier alpha value is -0.340. The van der Waals surface area contributed by atoms with Crippen molar-refractivity contribution < 1.29 is 0 Å². The second-order valence-electron chi connectivity index (χ2n) is 4.36. The highest BCUT2D eigenvalue weighted by Crippen LogP contribution is 2.27. The molecule has 2 atom stereocenters. The molecule has 90 valence electrons. The molecular formula is C14H22BrN. The van der Waals surface area contributed by atoms with Crippen LogP contribution in [0.1, 0.15) is 45.2 Å². The number of nitrogens with one attached hydrogen (secondary N) is 1. The molecule has 1 nitrogen and oxygen atoms in total. The summed E-state index contributed by atoms with van der Waals surface area (Å²) < 4.78 is 1.16. The van der Waals surface area contributed by atoms with Crippen molar-refractivity contribution in [2.75, 3.05) is 6.54 Å². The molecular weight excluding hydrogens is 262 g/mol. The summed E-state index contributed by atoms with van der Waals surface area (Å²) in [5.74, 6) is 0.680. The van der Waals surface area contributed by atoms with Gasteiger partial charge < -0.3 is 5.32 Å². The lowest BCUT2D eigenvalue weighted by atomic mass is 9.91. The number of rotatable bonds is 6. The Bertz CT molecular complexity index is 311. The van der Waals surface area contributed by atoms with Crippen LogP contribution in [-0.4, -0.2) is 6.54 Å². The van der Waals surface area contributed by atoms with E-state index in [1.807, 2.05) is 0 Å². The van der Waals surface area contributed by atoms with Crippen LogP contribution in [0.5, 0.6) is 0 Å². The zero-order valence-corrected chi connectivity index (χ0v) is 12.0. The van der Waals surface area contributed by atoms with Crippen molar-refractivity contribution in [3.63, 3.8) is 0 Å². The Morgan fingerprint density at radius 1 is 1.31 bits per heavy atom. The lowest BCUT2D eigenvalue weighted by molar-refractivity contribution is 0.369. The van der Waals surface area contributed by atoms with E-state index in [0.717, 1.165) is 11.0 Å². The molecule has 1 N–H and O–H groups in total. The molecule has 1 rings (SSSR count). The fourth-order valence-electron chi connectivity index (χ4n) is 2.19. The minimum atomic E-state index is 0.474. The minimum Gasteiger partial charge on any atom is -0.310 e. The van der Waals surface area contributed by atoms with E-state index in [1.54, 1.807) is 0 Å². The molecule has 2 heteroatoms. The van der Waals surface area contributed by atoms with Crippen molar-refractivity contribution in [1.82, 2.24) is 5.32 Å². The van der Waals surface area contributed by atoms with Crippen LogP contribution >= 0.6 is 15.9 Å². The molecule has 1 aromatic rings. The lowest BCUT2D eigenvalue weighted by Gasteiger charge is -2.25. The van der Waals surface area contributed by atoms with Gasteiger partial charge in [0.1, 0.15) is 0 Å². The number of benzene rings is 1. The zero-order valence-electron chi connectivity index (χ0n) is 10.5. The van der Waals surface area contributed by atoms with Crippen LogP contribution in [0, 0.1) is 5.92 Å². The average Bonchev–Trinajstić information content (AvgIpc) is 2.26. The Morgan fingerprint density at radius 2 is 2.06 bits per heavy atom. The number of hydrogen-bond acceptors (Lipinski definition) is 1. The molecule has 0 bridgehead atoms. The van der Waals surface area contributed by atoms with Gasteiger partial charge in [0.2, 0.25) is 0 Å². The van der Waals surface area contributed by atoms with Crippen LogP contribution in [0.25, 0.3) is 0 Å². The topological polar surface area (TPSA) is 12.0 Å². The van der Waals surface area contributed by atoms with E-state index >= 15 is 0 Å². The number of halogens is 1. The number of hydrogen-bond donors (Lipinski definition) is 1. The smallest absolute Gasteiger partial charge is 0.0346 e. The van der Waals surface area contributed by atoms with Gasteiger partial charge in [-0.1, -0.05) is 55.3 Å². The fraction of sp³-hybridized carbons (Fsp3) is 0.571. The van der Waals surface area contributed by atoms with Gasteiger partial charge in [-0.15, -0.1) is 0 Å². The maximum absolute atomic E-state index is 3.59. The Morgan fingerprint density at radius 3 is 2.62 bits per heavy atom. The van der Waals surface area contributed by atoms with E-state index in [-0.39, 0.29) is 0 Å². The quantitative estimate of drug-likeness (QED) is 0.809. The summed E-state index contributed by atoms with van der Waals surface area (Å²) in [6.07, 6.45) is 2.52. The van der Waals surface area contributed by atoms with Crippen LogP contribution in [0.2, 0.25) is 0 Å². The third-order valence-corrected chi connectivity index (χ3v) is 3.44. The Kier molecular flexibility index (Phi) is 6.07. The lowest BCUT2D eigenvalue weighted by Crippen LogP contribution is -2.26. The third-order valence-electron chi connectivity index (χ3n) is 2.94. The van der Waals surface area contributed by atoms with Crippen LogP contribution in [-0.2, 0) is 0 Å². The SMILES string of the molecule is CCCC(C)C(NCC)c1cccc(Br)c1. The molecule has 0 spiro atoms. The van der Waals surface area contributed by atoms with Gasteiger partial charge in [-0.25, -0.2) is 0 Å². The van der Waals surface area contributed by atoms with Gasteiger partial charge in [-0.05, 0) is 36.6 Å². The summed E-state index contributed by atoms with van der Waals surface area (Å²) in [5.41, 5.74) is 1.39. The van der Waals surface area contributed by atoms with Crippen molar-refractivity contribution in [2.24, 2.45) is 5.92 Å². The van der Waals surface area contributed by atoms with Crippen LogP contribution in [0.15, 0.2) is 28.7 Å². The van der Waals surface area contributed by atoms with Gasteiger partial charge in [-0.3, -0.25) is 0 Å². The predicted octanol–water partition coefficient (Wildman–Crippen LogP) is 4.54. The molecule has 0 radical (unpaired) electrons. The molecule has 0 heterocycles. The summed E-state index contributed by atoms with van der Waals surface area (Å²) in [6, 6.07) is 9.10. The summed E-state index contributed by atoms with van der Waals surface area (Å²) in [7, 11) is 0. The molecule has 0 aliphatic heterocycles. The Labute approximate surface area is 108 Å². The van der Waals surface area contributed by atoms with Crippen molar-refractivity contribution in [2.45, 2.75) is 39.7 Å². The zero-order chi connectivity index (χ0) is 12.0. The highest BCUT2D eigenvalue weighted by Gasteiger charge is 2.17. The molecule has 0 saturated heterocycles. The van der Waals surface area contributed by atoms with Crippen molar-refractivity contribution in [3.05, 3.63) is 34.3 Å². The molecule has 0 amide bonds. The molecule has 0 fully saturated rings. The fourth-order valence-corrected chi connectivity index (χ4v) is 2.61. The monoisotopic (exact) mass is 283 g/mol. The Balaban J connectivity index is 2.83. The molecule has 16 heavy (non-hydrogen) atoms. The predicted molar refractivity (Wildman–Crippen MR) is 74.6 cm³/mol. The second-order valence-corrected chi connectivity index (χ2v) is 5.27. The van der Waals surface area contributed by atoms with Crippen molar-refractivity contribution in [3.8, 4) is 0 Å². The minimum absolute atomic E-state index is 0.474. The molecule has 0 aromatic heterocycles. The highest BCUT2D eigenvalue weighted by atomic mass is 79.9. The van der Waals surface area contributed by atoms with Gasteiger partial charge in [0.15, 0.2) is 0 Å². The van der Waals surface area contributed by atoms with E-state index < -0.39 is 0 Å². The second kappa shape index (κ2) is 7.08. The van der Waals surface area contributed by atoms with E-state index in [9.17, 15) is 0 Å². The van der Waals surface area contributed by atoms with Gasteiger partial charge in [0, 0.05) is 10.5 Å². The summed E-state index contributed by atoms with van der Waals surface area (Å²) >= 11 is 3.54. The standard InChI is InChI=1S/C14H22BrN/c1-4-7-11(3)14(16-5-2)12-8-6-9-13(15)10-12/h6,8-11,14,16H,4-5,7H2,1-3H3. The van der Waals surface area contributed by atoms with E-state index in [4.69, 9.17) is 0 Å². The summed E-state index contributed by atoms with van der Waals surface area (Å²) in [4.78, 5) is 0. The normalized spacial score (nSPS) is 14.8. The van der Waals surface area contributed by atoms with E-state index in [2.05, 4.69) is 66.3 Å². The van der Waals surface area contributed by atoms with Gasteiger partial charge in [0.25, 0.3) is 0 Å². The largest absolute Gasteiger partial charge is 0.310 e. The van der Waals surface area contributed by atoms with Gasteiger partial charge >= 0.3 is 0 Å². The third kappa shape index (κ3) is 3.91. The first kappa shape index (κ1) is 13.7. The molecule has 0 saturated carbocycles. The van der Waals surface area contributed by atoms with Crippen LogP contribution < -0.4 is 5.32 Å². The highest BCUT2D eigenvalue weighted by molar-refractivity contribution is 9.10. The van der Waals surface area contributed by atoms with Crippen molar-refractivity contribution >= 4 is 15.9 Å².